The van der Waals surface area contributed by atoms with Crippen LogP contribution in [0.25, 0.3) is 0 Å². The van der Waals surface area contributed by atoms with Gasteiger partial charge in [-0.1, -0.05) is 12.8 Å². The van der Waals surface area contributed by atoms with Crippen LogP contribution in [0.5, 0.6) is 0 Å². The van der Waals surface area contributed by atoms with Crippen LogP contribution >= 0.6 is 0 Å². The summed E-state index contributed by atoms with van der Waals surface area (Å²) in [5.74, 6) is 0. The number of likely N-dealkylation sites (tertiary alicyclic amines) is 1. The first kappa shape index (κ1) is 11.7. The second kappa shape index (κ2) is 5.53. The largest absolute Gasteiger partial charge is 0.444 e. The van der Waals surface area contributed by atoms with E-state index in [2.05, 4.69) is 0 Å². The highest BCUT2D eigenvalue weighted by atomic mass is 16.6. The molecule has 1 aliphatic heterocycles. The Morgan fingerprint density at radius 2 is 1.75 bits per heavy atom. The molecule has 1 saturated heterocycles. The molecule has 2 N–H and O–H groups in total. The fraction of sp³-hybridized carbons (Fsp3) is 0.917. The third-order valence-electron chi connectivity index (χ3n) is 3.62. The smallest absolute Gasteiger partial charge is 0.410 e. The Labute approximate surface area is 97.1 Å². The molecule has 0 bridgehead atoms. The van der Waals surface area contributed by atoms with Crippen molar-refractivity contribution in [3.05, 3.63) is 0 Å². The van der Waals surface area contributed by atoms with Crippen molar-refractivity contribution in [1.29, 1.82) is 0 Å². The first-order chi connectivity index (χ1) is 7.77. The maximum absolute atomic E-state index is 11.8. The Hall–Kier alpha value is -0.770. The summed E-state index contributed by atoms with van der Waals surface area (Å²) in [5.41, 5.74) is 6.03. The molecule has 2 rings (SSSR count). The minimum Gasteiger partial charge on any atom is -0.444 e. The molecule has 0 aromatic rings. The van der Waals surface area contributed by atoms with Gasteiger partial charge in [0.15, 0.2) is 0 Å². The molecular weight excluding hydrogens is 204 g/mol. The summed E-state index contributed by atoms with van der Waals surface area (Å²) in [7, 11) is 0. The van der Waals surface area contributed by atoms with E-state index < -0.39 is 0 Å². The zero-order chi connectivity index (χ0) is 11.4. The number of carbonyl (C=O) groups excluding carboxylic acids is 1. The Morgan fingerprint density at radius 1 is 1.06 bits per heavy atom. The lowest BCUT2D eigenvalue weighted by atomic mass is 10.1. The quantitative estimate of drug-likeness (QED) is 0.694. The molecule has 4 heteroatoms. The van der Waals surface area contributed by atoms with Crippen LogP contribution in [-0.4, -0.2) is 36.2 Å². The lowest BCUT2D eigenvalue weighted by Crippen LogP contribution is -2.40. The first-order valence-corrected chi connectivity index (χ1v) is 6.48. The van der Waals surface area contributed by atoms with Gasteiger partial charge in [0.05, 0.1) is 0 Å². The van der Waals surface area contributed by atoms with E-state index >= 15 is 0 Å². The van der Waals surface area contributed by atoms with Gasteiger partial charge in [0, 0.05) is 19.1 Å². The van der Waals surface area contributed by atoms with Crippen LogP contribution in [0, 0.1) is 0 Å². The molecule has 4 nitrogen and oxygen atoms in total. The highest BCUT2D eigenvalue weighted by molar-refractivity contribution is 5.68. The summed E-state index contributed by atoms with van der Waals surface area (Å²) >= 11 is 0. The number of carbonyl (C=O) groups is 1. The van der Waals surface area contributed by atoms with E-state index in [-0.39, 0.29) is 18.2 Å². The van der Waals surface area contributed by atoms with Crippen LogP contribution in [0.15, 0.2) is 0 Å². The van der Waals surface area contributed by atoms with E-state index in [1.807, 2.05) is 0 Å². The van der Waals surface area contributed by atoms with Crippen molar-refractivity contribution in [3.8, 4) is 0 Å². The van der Waals surface area contributed by atoms with Crippen LogP contribution < -0.4 is 5.73 Å². The topological polar surface area (TPSA) is 55.6 Å². The van der Waals surface area contributed by atoms with Gasteiger partial charge in [-0.15, -0.1) is 0 Å². The molecule has 92 valence electrons. The van der Waals surface area contributed by atoms with Crippen LogP contribution in [0.3, 0.4) is 0 Å². The normalized spacial score (nSPS) is 31.2. The summed E-state index contributed by atoms with van der Waals surface area (Å²) in [6, 6.07) is 0.0362. The summed E-state index contributed by atoms with van der Waals surface area (Å²) in [4.78, 5) is 13.6. The second-order valence-corrected chi connectivity index (χ2v) is 4.92. The van der Waals surface area contributed by atoms with Gasteiger partial charge in [0.1, 0.15) is 6.10 Å². The fourth-order valence-corrected chi connectivity index (χ4v) is 2.55. The third kappa shape index (κ3) is 2.88. The molecule has 2 aliphatic rings. The van der Waals surface area contributed by atoms with E-state index in [0.29, 0.717) is 0 Å². The Balaban J connectivity index is 1.84. The van der Waals surface area contributed by atoms with Crippen molar-refractivity contribution in [2.24, 2.45) is 5.73 Å². The van der Waals surface area contributed by atoms with E-state index in [1.165, 1.54) is 12.8 Å². The molecule has 1 saturated carbocycles. The van der Waals surface area contributed by atoms with Gasteiger partial charge >= 0.3 is 6.09 Å². The molecular formula is C12H22N2O2. The molecule has 2 fully saturated rings. The maximum Gasteiger partial charge on any atom is 0.410 e. The van der Waals surface area contributed by atoms with Gasteiger partial charge in [-0.05, 0) is 32.1 Å². The van der Waals surface area contributed by atoms with Crippen molar-refractivity contribution >= 4 is 6.09 Å². The highest BCUT2D eigenvalue weighted by Crippen LogP contribution is 2.20. The number of amides is 1. The van der Waals surface area contributed by atoms with E-state index in [0.717, 1.165) is 45.2 Å². The summed E-state index contributed by atoms with van der Waals surface area (Å²) < 4.78 is 5.53. The molecule has 0 aromatic heterocycles. The van der Waals surface area contributed by atoms with Gasteiger partial charge in [0.25, 0.3) is 0 Å². The fourth-order valence-electron chi connectivity index (χ4n) is 2.55. The molecule has 1 heterocycles. The van der Waals surface area contributed by atoms with Crippen LogP contribution in [0.1, 0.15) is 44.9 Å². The molecule has 1 aliphatic carbocycles. The number of hydrogen-bond donors (Lipinski definition) is 1. The molecule has 0 aromatic carbocycles. The molecule has 0 radical (unpaired) electrons. The van der Waals surface area contributed by atoms with Gasteiger partial charge in [-0.3, -0.25) is 0 Å². The van der Waals surface area contributed by atoms with Crippen molar-refractivity contribution in [2.75, 3.05) is 13.1 Å². The molecule has 16 heavy (non-hydrogen) atoms. The van der Waals surface area contributed by atoms with E-state index in [4.69, 9.17) is 10.5 Å². The summed E-state index contributed by atoms with van der Waals surface area (Å²) in [5, 5.41) is 0. The Bertz CT molecular complexity index is 239. The summed E-state index contributed by atoms with van der Waals surface area (Å²) in [6.45, 7) is 1.70. The minimum atomic E-state index is -0.153. The van der Waals surface area contributed by atoms with Crippen molar-refractivity contribution in [3.63, 3.8) is 0 Å². The van der Waals surface area contributed by atoms with Gasteiger partial charge in [0.2, 0.25) is 0 Å². The number of hydrogen-bond acceptors (Lipinski definition) is 3. The van der Waals surface area contributed by atoms with Crippen molar-refractivity contribution in [2.45, 2.75) is 57.1 Å². The van der Waals surface area contributed by atoms with Crippen molar-refractivity contribution < 1.29 is 9.53 Å². The van der Waals surface area contributed by atoms with Crippen LogP contribution in [0.2, 0.25) is 0 Å². The lowest BCUT2D eigenvalue weighted by molar-refractivity contribution is 0.0530. The minimum absolute atomic E-state index is 0.0362. The van der Waals surface area contributed by atoms with Gasteiger partial charge < -0.3 is 15.4 Å². The SMILES string of the molecule is NC1CCCCCC1OC(=O)N1CCCC1. The molecule has 2 unspecified atom stereocenters. The Kier molecular flexibility index (Phi) is 4.04. The average Bonchev–Trinajstić information content (AvgIpc) is 2.73. The highest BCUT2D eigenvalue weighted by Gasteiger charge is 2.27. The summed E-state index contributed by atoms with van der Waals surface area (Å²) in [6.07, 6.45) is 7.42. The zero-order valence-electron chi connectivity index (χ0n) is 9.86. The molecule has 0 spiro atoms. The maximum atomic E-state index is 11.8. The number of nitrogens with zero attached hydrogens (tertiary/aromatic N) is 1. The van der Waals surface area contributed by atoms with E-state index in [1.54, 1.807) is 4.90 Å². The third-order valence-corrected chi connectivity index (χ3v) is 3.62. The standard InChI is InChI=1S/C12H22N2O2/c13-10-6-2-1-3-7-11(10)16-12(15)14-8-4-5-9-14/h10-11H,1-9,13H2. The second-order valence-electron chi connectivity index (χ2n) is 4.92. The molecule has 1 amide bonds. The van der Waals surface area contributed by atoms with Crippen molar-refractivity contribution in [1.82, 2.24) is 4.90 Å². The lowest BCUT2D eigenvalue weighted by Gasteiger charge is -2.24. The number of ether oxygens (including phenoxy) is 1. The number of nitrogens with two attached hydrogens (primary N) is 1. The predicted molar refractivity (Wildman–Crippen MR) is 62.1 cm³/mol. The average molecular weight is 226 g/mol. The van der Waals surface area contributed by atoms with E-state index in [9.17, 15) is 4.79 Å². The van der Waals surface area contributed by atoms with Crippen LogP contribution in [-0.2, 0) is 4.74 Å². The van der Waals surface area contributed by atoms with Gasteiger partial charge in [-0.25, -0.2) is 4.79 Å². The predicted octanol–water partition coefficient (Wildman–Crippen LogP) is 1.88. The monoisotopic (exact) mass is 226 g/mol. The zero-order valence-corrected chi connectivity index (χ0v) is 9.86. The van der Waals surface area contributed by atoms with Crippen LogP contribution in [0.4, 0.5) is 4.79 Å². The van der Waals surface area contributed by atoms with Gasteiger partial charge in [-0.2, -0.15) is 0 Å². The number of rotatable bonds is 1. The Morgan fingerprint density at radius 3 is 2.50 bits per heavy atom. The first-order valence-electron chi connectivity index (χ1n) is 6.48. The molecule has 2 atom stereocenters.